The highest BCUT2D eigenvalue weighted by Gasteiger charge is 2.38. The van der Waals surface area contributed by atoms with E-state index in [0.29, 0.717) is 25.5 Å². The van der Waals surface area contributed by atoms with E-state index in [1.165, 1.54) is 0 Å². The van der Waals surface area contributed by atoms with E-state index >= 15 is 0 Å². The molecule has 0 bridgehead atoms. The monoisotopic (exact) mass is 481 g/mol. The van der Waals surface area contributed by atoms with Crippen molar-refractivity contribution in [3.05, 3.63) is 93.9 Å². The number of anilines is 1. The number of rotatable bonds is 6. The molecule has 0 spiro atoms. The zero-order valence-electron chi connectivity index (χ0n) is 21.4. The molecule has 4 aromatic rings. The molecule has 5 rings (SSSR count). The van der Waals surface area contributed by atoms with Crippen LogP contribution in [0.1, 0.15) is 58.6 Å². The van der Waals surface area contributed by atoms with Gasteiger partial charge < -0.3 is 4.74 Å². The number of carbonyl (C=O) groups is 1. The third-order valence-electron chi connectivity index (χ3n) is 6.54. The standard InChI is InChI=1S/C29H31N5O2/c1-6-36-24-12-10-23(11-13-24)25-16-26(35)33(17-22-9-7-8-18(2)14-22)28-27(25)21(5)32-34(28)29-30-19(3)15-20(4)31-29/h7-15,25H,6,16-17H2,1-5H3/t25-/m1/s1. The van der Waals surface area contributed by atoms with Crippen LogP contribution in [0.15, 0.2) is 54.6 Å². The highest BCUT2D eigenvalue weighted by molar-refractivity contribution is 5.97. The fourth-order valence-corrected chi connectivity index (χ4v) is 5.05. The Morgan fingerprint density at radius 1 is 0.972 bits per heavy atom. The van der Waals surface area contributed by atoms with Crippen molar-refractivity contribution in [2.75, 3.05) is 11.5 Å². The van der Waals surface area contributed by atoms with Gasteiger partial charge in [-0.05, 0) is 63.9 Å². The van der Waals surface area contributed by atoms with Crippen molar-refractivity contribution in [1.29, 1.82) is 0 Å². The smallest absolute Gasteiger partial charge is 0.252 e. The number of aromatic nitrogens is 4. The molecule has 1 aliphatic heterocycles. The van der Waals surface area contributed by atoms with Crippen LogP contribution in [-0.2, 0) is 11.3 Å². The minimum absolute atomic E-state index is 0.0495. The molecule has 2 aromatic heterocycles. The van der Waals surface area contributed by atoms with Crippen LogP contribution in [0.5, 0.6) is 5.75 Å². The molecule has 3 heterocycles. The van der Waals surface area contributed by atoms with Crippen LogP contribution in [0.2, 0.25) is 0 Å². The molecular formula is C29H31N5O2. The second-order valence-electron chi connectivity index (χ2n) is 9.41. The SMILES string of the molecule is CCOc1ccc([C@H]2CC(=O)N(Cc3cccc(C)c3)c3c2c(C)nn3-c2nc(C)cc(C)n2)cc1. The third kappa shape index (κ3) is 4.49. The first-order valence-corrected chi connectivity index (χ1v) is 12.3. The maximum Gasteiger partial charge on any atom is 0.252 e. The molecule has 1 aliphatic rings. The molecule has 0 aliphatic carbocycles. The molecule has 0 unspecified atom stereocenters. The first kappa shape index (κ1) is 23.7. The summed E-state index contributed by atoms with van der Waals surface area (Å²) in [5.41, 5.74) is 6.91. The summed E-state index contributed by atoms with van der Waals surface area (Å²) in [6.45, 7) is 11.0. The number of carbonyl (C=O) groups excluding carboxylic acids is 1. The quantitative estimate of drug-likeness (QED) is 0.371. The minimum Gasteiger partial charge on any atom is -0.494 e. The lowest BCUT2D eigenvalue weighted by Crippen LogP contribution is -2.38. The van der Waals surface area contributed by atoms with E-state index in [1.807, 2.05) is 69.0 Å². The van der Waals surface area contributed by atoms with Crippen molar-refractivity contribution in [3.8, 4) is 11.7 Å². The van der Waals surface area contributed by atoms with E-state index in [9.17, 15) is 4.79 Å². The lowest BCUT2D eigenvalue weighted by molar-refractivity contribution is -0.119. The molecule has 36 heavy (non-hydrogen) atoms. The summed E-state index contributed by atoms with van der Waals surface area (Å²) in [7, 11) is 0. The number of ether oxygens (including phenoxy) is 1. The summed E-state index contributed by atoms with van der Waals surface area (Å²) in [5.74, 6) is 1.98. The predicted molar refractivity (Wildman–Crippen MR) is 140 cm³/mol. The number of nitrogens with zero attached hydrogens (tertiary/aromatic N) is 5. The zero-order chi connectivity index (χ0) is 25.4. The number of hydrogen-bond acceptors (Lipinski definition) is 5. The number of aryl methyl sites for hydroxylation is 4. The van der Waals surface area contributed by atoms with Crippen molar-refractivity contribution >= 4 is 11.7 Å². The predicted octanol–water partition coefficient (Wildman–Crippen LogP) is 5.36. The molecule has 1 atom stereocenters. The first-order chi connectivity index (χ1) is 17.3. The van der Waals surface area contributed by atoms with Gasteiger partial charge in [-0.3, -0.25) is 9.69 Å². The molecule has 2 aromatic carbocycles. The summed E-state index contributed by atoms with van der Waals surface area (Å²) >= 11 is 0. The van der Waals surface area contributed by atoms with E-state index in [-0.39, 0.29) is 11.8 Å². The van der Waals surface area contributed by atoms with Gasteiger partial charge in [0, 0.05) is 29.3 Å². The normalized spacial score (nSPS) is 15.2. The summed E-state index contributed by atoms with van der Waals surface area (Å²) in [4.78, 5) is 24.9. The maximum absolute atomic E-state index is 13.7. The fraction of sp³-hybridized carbons (Fsp3) is 0.310. The van der Waals surface area contributed by atoms with Gasteiger partial charge >= 0.3 is 0 Å². The average molecular weight is 482 g/mol. The molecule has 0 radical (unpaired) electrons. The Hall–Kier alpha value is -4.00. The minimum atomic E-state index is -0.114. The summed E-state index contributed by atoms with van der Waals surface area (Å²) < 4.78 is 7.38. The Morgan fingerprint density at radius 3 is 2.36 bits per heavy atom. The van der Waals surface area contributed by atoms with E-state index in [0.717, 1.165) is 50.9 Å². The van der Waals surface area contributed by atoms with Crippen molar-refractivity contribution in [2.24, 2.45) is 0 Å². The van der Waals surface area contributed by atoms with Crippen molar-refractivity contribution in [3.63, 3.8) is 0 Å². The Kier molecular flexibility index (Phi) is 6.31. The molecule has 7 nitrogen and oxygen atoms in total. The van der Waals surface area contributed by atoms with Crippen molar-refractivity contribution < 1.29 is 9.53 Å². The van der Waals surface area contributed by atoms with Gasteiger partial charge in [0.2, 0.25) is 5.91 Å². The van der Waals surface area contributed by atoms with Gasteiger partial charge in [0.25, 0.3) is 5.95 Å². The van der Waals surface area contributed by atoms with Gasteiger partial charge in [-0.15, -0.1) is 0 Å². The van der Waals surface area contributed by atoms with E-state index in [2.05, 4.69) is 35.1 Å². The van der Waals surface area contributed by atoms with Crippen LogP contribution in [-0.4, -0.2) is 32.3 Å². The van der Waals surface area contributed by atoms with Crippen molar-refractivity contribution in [1.82, 2.24) is 19.7 Å². The lowest BCUT2D eigenvalue weighted by Gasteiger charge is -2.33. The van der Waals surface area contributed by atoms with Gasteiger partial charge in [-0.1, -0.05) is 42.0 Å². The van der Waals surface area contributed by atoms with E-state index in [4.69, 9.17) is 9.84 Å². The topological polar surface area (TPSA) is 73.1 Å². The van der Waals surface area contributed by atoms with Crippen molar-refractivity contribution in [2.45, 2.75) is 53.5 Å². The highest BCUT2D eigenvalue weighted by Crippen LogP contribution is 2.43. The molecule has 7 heteroatoms. The molecule has 0 fully saturated rings. The Balaban J connectivity index is 1.67. The number of benzene rings is 2. The largest absolute Gasteiger partial charge is 0.494 e. The number of amides is 1. The van der Waals surface area contributed by atoms with Gasteiger partial charge in [0.15, 0.2) is 0 Å². The zero-order valence-corrected chi connectivity index (χ0v) is 21.4. The molecular weight excluding hydrogens is 450 g/mol. The summed E-state index contributed by atoms with van der Waals surface area (Å²) in [5, 5.41) is 4.88. The molecule has 1 amide bonds. The second kappa shape index (κ2) is 9.57. The van der Waals surface area contributed by atoms with Gasteiger partial charge in [0.05, 0.1) is 18.8 Å². The Labute approximate surface area is 211 Å². The second-order valence-corrected chi connectivity index (χ2v) is 9.41. The van der Waals surface area contributed by atoms with Crippen LogP contribution in [0, 0.1) is 27.7 Å². The molecule has 184 valence electrons. The van der Waals surface area contributed by atoms with Gasteiger partial charge in [0.1, 0.15) is 11.6 Å². The van der Waals surface area contributed by atoms with E-state index in [1.54, 1.807) is 4.68 Å². The van der Waals surface area contributed by atoms with Gasteiger partial charge in [-0.25, -0.2) is 9.97 Å². The first-order valence-electron chi connectivity index (χ1n) is 12.3. The molecule has 0 saturated heterocycles. The number of hydrogen-bond donors (Lipinski definition) is 0. The molecule has 0 saturated carbocycles. The third-order valence-corrected chi connectivity index (χ3v) is 6.54. The van der Waals surface area contributed by atoms with Crippen LogP contribution in [0.4, 0.5) is 5.82 Å². The Bertz CT molecular complexity index is 1400. The highest BCUT2D eigenvalue weighted by atomic mass is 16.5. The Morgan fingerprint density at radius 2 is 1.69 bits per heavy atom. The molecule has 0 N–H and O–H groups in total. The maximum atomic E-state index is 13.7. The fourth-order valence-electron chi connectivity index (χ4n) is 5.05. The lowest BCUT2D eigenvalue weighted by atomic mass is 9.85. The average Bonchev–Trinajstić information content (AvgIpc) is 3.18. The van der Waals surface area contributed by atoms with Crippen LogP contribution in [0.25, 0.3) is 5.95 Å². The van der Waals surface area contributed by atoms with Crippen LogP contribution in [0.3, 0.4) is 0 Å². The van der Waals surface area contributed by atoms with Crippen LogP contribution >= 0.6 is 0 Å². The van der Waals surface area contributed by atoms with E-state index < -0.39 is 0 Å². The number of fused-ring (bicyclic) bond motifs is 1. The summed E-state index contributed by atoms with van der Waals surface area (Å²) in [6.07, 6.45) is 0.368. The van der Waals surface area contributed by atoms with Crippen LogP contribution < -0.4 is 9.64 Å². The summed E-state index contributed by atoms with van der Waals surface area (Å²) in [6, 6.07) is 18.2. The van der Waals surface area contributed by atoms with Gasteiger partial charge in [-0.2, -0.15) is 9.78 Å².